The first kappa shape index (κ1) is 15.7. The second-order valence-electron chi connectivity index (χ2n) is 6.05. The van der Waals surface area contributed by atoms with Crippen LogP contribution in [0.4, 0.5) is 0 Å². The fourth-order valence-electron chi connectivity index (χ4n) is 2.89. The average Bonchev–Trinajstić information content (AvgIpc) is 2.52. The van der Waals surface area contributed by atoms with Gasteiger partial charge >= 0.3 is 0 Å². The zero-order valence-corrected chi connectivity index (χ0v) is 14.0. The number of hydrogen-bond donors (Lipinski definition) is 1. The van der Waals surface area contributed by atoms with Crippen LogP contribution in [0, 0.1) is 0 Å². The lowest BCUT2D eigenvalue weighted by Gasteiger charge is -2.36. The van der Waals surface area contributed by atoms with E-state index in [-0.39, 0.29) is 0 Å². The van der Waals surface area contributed by atoms with Gasteiger partial charge in [-0.25, -0.2) is 4.98 Å². The fraction of sp³-hybridized carbons (Fsp3) is 0.471. The van der Waals surface area contributed by atoms with Gasteiger partial charge in [0.1, 0.15) is 16.9 Å². The maximum Gasteiger partial charge on any atom is 0.221 e. The second kappa shape index (κ2) is 5.45. The maximum absolute atomic E-state index is 10.3. The Labute approximate surface area is 134 Å². The monoisotopic (exact) mass is 319 g/mol. The molecular formula is C17H21NO5. The van der Waals surface area contributed by atoms with E-state index < -0.39 is 11.7 Å². The predicted octanol–water partition coefficient (Wildman–Crippen LogP) is 2.33. The lowest BCUT2D eigenvalue weighted by molar-refractivity contribution is -0.0445. The molecule has 1 aromatic heterocycles. The van der Waals surface area contributed by atoms with Crippen molar-refractivity contribution < 1.29 is 24.1 Å². The minimum Gasteiger partial charge on any atom is -0.496 e. The molecule has 0 radical (unpaired) electrons. The molecule has 1 aromatic carbocycles. The Morgan fingerprint density at radius 1 is 1.13 bits per heavy atom. The van der Waals surface area contributed by atoms with Crippen LogP contribution in [0.25, 0.3) is 10.9 Å². The van der Waals surface area contributed by atoms with Crippen LogP contribution in [0.3, 0.4) is 0 Å². The zero-order valence-electron chi connectivity index (χ0n) is 14.0. The molecule has 0 spiro atoms. The molecule has 2 aromatic rings. The lowest BCUT2D eigenvalue weighted by Crippen LogP contribution is -2.46. The minimum atomic E-state index is -0.717. The molecule has 0 saturated heterocycles. The number of ether oxygens (including phenoxy) is 4. The van der Waals surface area contributed by atoms with Crippen molar-refractivity contribution in [1.82, 2.24) is 4.98 Å². The van der Waals surface area contributed by atoms with Crippen LogP contribution in [0.15, 0.2) is 12.1 Å². The standard InChI is InChI=1S/C17H21NO5/c1-17(2)12(19)8-10-14(21-4)9-6-7-11(20-3)15(22-5)13(9)18-16(10)23-17/h6-7,12,19H,8H2,1-5H3/t12-/m0/s1. The largest absolute Gasteiger partial charge is 0.496 e. The summed E-state index contributed by atoms with van der Waals surface area (Å²) in [5.74, 6) is 2.21. The number of benzene rings is 1. The molecule has 1 N–H and O–H groups in total. The third-order valence-corrected chi connectivity index (χ3v) is 4.27. The summed E-state index contributed by atoms with van der Waals surface area (Å²) in [6.45, 7) is 3.67. The van der Waals surface area contributed by atoms with Crippen LogP contribution in [-0.4, -0.2) is 43.1 Å². The highest BCUT2D eigenvalue weighted by molar-refractivity contribution is 5.94. The number of fused-ring (bicyclic) bond motifs is 2. The van der Waals surface area contributed by atoms with Gasteiger partial charge in [-0.2, -0.15) is 0 Å². The Balaban J connectivity index is 2.33. The molecule has 3 rings (SSSR count). The van der Waals surface area contributed by atoms with Crippen molar-refractivity contribution in [2.75, 3.05) is 21.3 Å². The molecule has 124 valence electrons. The van der Waals surface area contributed by atoms with Gasteiger partial charge in [-0.15, -0.1) is 0 Å². The van der Waals surface area contributed by atoms with Gasteiger partial charge in [-0.05, 0) is 26.0 Å². The quantitative estimate of drug-likeness (QED) is 0.936. The molecule has 1 aliphatic heterocycles. The van der Waals surface area contributed by atoms with Gasteiger partial charge in [0.15, 0.2) is 11.5 Å². The smallest absolute Gasteiger partial charge is 0.221 e. The number of hydrogen-bond acceptors (Lipinski definition) is 6. The Hall–Kier alpha value is -2.21. The second-order valence-corrected chi connectivity index (χ2v) is 6.05. The number of methoxy groups -OCH3 is 3. The molecule has 0 fully saturated rings. The van der Waals surface area contributed by atoms with Crippen molar-refractivity contribution in [3.8, 4) is 23.1 Å². The highest BCUT2D eigenvalue weighted by Gasteiger charge is 2.39. The van der Waals surface area contributed by atoms with Gasteiger partial charge in [0, 0.05) is 11.8 Å². The molecule has 0 unspecified atom stereocenters. The summed E-state index contributed by atoms with van der Waals surface area (Å²) in [6.07, 6.45) is -0.216. The molecule has 1 aliphatic rings. The van der Waals surface area contributed by atoms with Gasteiger partial charge in [-0.3, -0.25) is 0 Å². The van der Waals surface area contributed by atoms with Gasteiger partial charge in [-0.1, -0.05) is 0 Å². The van der Waals surface area contributed by atoms with E-state index in [1.165, 1.54) is 0 Å². The van der Waals surface area contributed by atoms with Crippen LogP contribution in [0.5, 0.6) is 23.1 Å². The number of aliphatic hydroxyl groups excluding tert-OH is 1. The molecule has 23 heavy (non-hydrogen) atoms. The maximum atomic E-state index is 10.3. The highest BCUT2D eigenvalue weighted by Crippen LogP contribution is 2.45. The van der Waals surface area contributed by atoms with E-state index in [1.807, 2.05) is 26.0 Å². The topological polar surface area (TPSA) is 70.0 Å². The van der Waals surface area contributed by atoms with E-state index >= 15 is 0 Å². The molecule has 6 heteroatoms. The average molecular weight is 319 g/mol. The molecule has 0 aliphatic carbocycles. The number of aromatic nitrogens is 1. The number of rotatable bonds is 3. The van der Waals surface area contributed by atoms with E-state index in [2.05, 4.69) is 4.98 Å². The Bertz CT molecular complexity index is 756. The van der Waals surface area contributed by atoms with E-state index in [0.717, 1.165) is 10.9 Å². The first-order valence-electron chi connectivity index (χ1n) is 7.41. The van der Waals surface area contributed by atoms with E-state index in [0.29, 0.717) is 35.1 Å². The normalized spacial score (nSPS) is 19.0. The van der Waals surface area contributed by atoms with Gasteiger partial charge in [0.05, 0.1) is 33.0 Å². The lowest BCUT2D eigenvalue weighted by atomic mass is 9.91. The molecular weight excluding hydrogens is 298 g/mol. The number of aliphatic hydroxyl groups is 1. The third kappa shape index (κ3) is 2.34. The third-order valence-electron chi connectivity index (χ3n) is 4.27. The van der Waals surface area contributed by atoms with Crippen LogP contribution in [0.1, 0.15) is 19.4 Å². The molecule has 2 heterocycles. The number of nitrogens with zero attached hydrogens (tertiary/aromatic N) is 1. The summed E-state index contributed by atoms with van der Waals surface area (Å²) in [5, 5.41) is 11.1. The van der Waals surface area contributed by atoms with Crippen LogP contribution in [0.2, 0.25) is 0 Å². The van der Waals surface area contributed by atoms with E-state index in [4.69, 9.17) is 18.9 Å². The van der Waals surface area contributed by atoms with Crippen LogP contribution in [-0.2, 0) is 6.42 Å². The van der Waals surface area contributed by atoms with E-state index in [9.17, 15) is 5.11 Å². The molecule has 0 bridgehead atoms. The van der Waals surface area contributed by atoms with Gasteiger partial charge < -0.3 is 24.1 Å². The summed E-state index contributed by atoms with van der Waals surface area (Å²) in [6, 6.07) is 3.68. The number of pyridine rings is 1. The van der Waals surface area contributed by atoms with Crippen molar-refractivity contribution in [2.24, 2.45) is 0 Å². The Morgan fingerprint density at radius 2 is 1.83 bits per heavy atom. The van der Waals surface area contributed by atoms with Crippen molar-refractivity contribution >= 4 is 10.9 Å². The predicted molar refractivity (Wildman–Crippen MR) is 85.8 cm³/mol. The van der Waals surface area contributed by atoms with Crippen LogP contribution >= 0.6 is 0 Å². The first-order valence-corrected chi connectivity index (χ1v) is 7.41. The van der Waals surface area contributed by atoms with Gasteiger partial charge in [0.25, 0.3) is 0 Å². The molecule has 1 atom stereocenters. The first-order chi connectivity index (χ1) is 10.9. The zero-order chi connectivity index (χ0) is 16.8. The molecule has 0 saturated carbocycles. The Morgan fingerprint density at radius 3 is 2.43 bits per heavy atom. The fourth-order valence-corrected chi connectivity index (χ4v) is 2.89. The summed E-state index contributed by atoms with van der Waals surface area (Å²) in [5.41, 5.74) is 0.652. The summed E-state index contributed by atoms with van der Waals surface area (Å²) >= 11 is 0. The Kier molecular flexibility index (Phi) is 3.72. The van der Waals surface area contributed by atoms with Crippen molar-refractivity contribution in [2.45, 2.75) is 32.0 Å². The summed E-state index contributed by atoms with van der Waals surface area (Å²) in [4.78, 5) is 4.62. The van der Waals surface area contributed by atoms with E-state index in [1.54, 1.807) is 21.3 Å². The van der Waals surface area contributed by atoms with Crippen molar-refractivity contribution in [3.63, 3.8) is 0 Å². The van der Waals surface area contributed by atoms with Crippen molar-refractivity contribution in [1.29, 1.82) is 0 Å². The summed E-state index contributed by atoms with van der Waals surface area (Å²) < 4.78 is 22.3. The SMILES string of the molecule is COc1ccc2c(OC)c3c(nc2c1OC)OC(C)(C)[C@@H](O)C3. The summed E-state index contributed by atoms with van der Waals surface area (Å²) in [7, 11) is 4.74. The minimum absolute atomic E-state index is 0.419. The van der Waals surface area contributed by atoms with Gasteiger partial charge in [0.2, 0.25) is 5.88 Å². The van der Waals surface area contributed by atoms with Crippen molar-refractivity contribution in [3.05, 3.63) is 17.7 Å². The molecule has 6 nitrogen and oxygen atoms in total. The molecule has 0 amide bonds. The highest BCUT2D eigenvalue weighted by atomic mass is 16.5. The van der Waals surface area contributed by atoms with Crippen LogP contribution < -0.4 is 18.9 Å².